The van der Waals surface area contributed by atoms with Crippen LogP contribution in [0.3, 0.4) is 0 Å². The van der Waals surface area contributed by atoms with Crippen LogP contribution >= 0.6 is 22.7 Å². The molecule has 0 aliphatic heterocycles. The number of thiazole rings is 1. The van der Waals surface area contributed by atoms with Gasteiger partial charge in [0.15, 0.2) is 0 Å². The number of aromatic nitrogens is 1. The van der Waals surface area contributed by atoms with Gasteiger partial charge in [0.1, 0.15) is 11.6 Å². The summed E-state index contributed by atoms with van der Waals surface area (Å²) in [6, 6.07) is 12.1. The summed E-state index contributed by atoms with van der Waals surface area (Å²) in [7, 11) is 0. The Balaban J connectivity index is 1.48. The number of ether oxygens (including phenoxy) is 1. The van der Waals surface area contributed by atoms with Crippen LogP contribution in [0.2, 0.25) is 0 Å². The number of benzene rings is 1. The minimum atomic E-state index is -0.479. The molecule has 0 atom stereocenters. The number of hydrogen-bond donors (Lipinski definition) is 0. The Hall–Kier alpha value is -1.98. The zero-order valence-electron chi connectivity index (χ0n) is 13.8. The van der Waals surface area contributed by atoms with Gasteiger partial charge in [0.25, 0.3) is 0 Å². The second kappa shape index (κ2) is 7.10. The summed E-state index contributed by atoms with van der Waals surface area (Å²) < 4.78 is 5.71. The van der Waals surface area contributed by atoms with Crippen molar-refractivity contribution in [2.75, 3.05) is 0 Å². The van der Waals surface area contributed by atoms with Crippen LogP contribution in [0.5, 0.6) is 0 Å². The number of rotatable bonds is 5. The average Bonchev–Trinajstić information content (AvgIpc) is 3.42. The molecule has 0 N–H and O–H groups in total. The monoisotopic (exact) mass is 369 g/mol. The van der Waals surface area contributed by atoms with E-state index in [4.69, 9.17) is 4.74 Å². The van der Waals surface area contributed by atoms with E-state index in [9.17, 15) is 4.79 Å². The molecular formula is C20H19NO2S2. The smallest absolute Gasteiger partial charge is 0.316 e. The van der Waals surface area contributed by atoms with Gasteiger partial charge in [-0.1, -0.05) is 43.2 Å². The summed E-state index contributed by atoms with van der Waals surface area (Å²) in [5, 5.41) is 7.08. The molecule has 128 valence electrons. The van der Waals surface area contributed by atoms with Crippen LogP contribution in [0, 0.1) is 0 Å². The van der Waals surface area contributed by atoms with E-state index in [2.05, 4.69) is 16.4 Å². The standard InChI is InChI=1S/C20H19NO2S2/c22-19(20(9-4-5-10-20)16-6-2-1-3-7-16)23-12-17-14-25-18(21-17)15-8-11-24-13-15/h1-3,6-8,11,13-14H,4-5,9-10,12H2. The van der Waals surface area contributed by atoms with Crippen molar-refractivity contribution in [3.05, 3.63) is 63.8 Å². The third-order valence-electron chi connectivity index (χ3n) is 4.85. The van der Waals surface area contributed by atoms with Crippen molar-refractivity contribution in [1.82, 2.24) is 4.98 Å². The summed E-state index contributed by atoms with van der Waals surface area (Å²) >= 11 is 3.25. The Bertz CT molecular complexity index is 834. The van der Waals surface area contributed by atoms with E-state index in [0.717, 1.165) is 47.5 Å². The SMILES string of the molecule is O=C(OCc1csc(-c2ccsc2)n1)C1(c2ccccc2)CCCC1. The highest BCUT2D eigenvalue weighted by atomic mass is 32.1. The van der Waals surface area contributed by atoms with E-state index in [-0.39, 0.29) is 12.6 Å². The van der Waals surface area contributed by atoms with Crippen molar-refractivity contribution in [2.24, 2.45) is 0 Å². The molecule has 1 fully saturated rings. The molecule has 1 aliphatic rings. The van der Waals surface area contributed by atoms with Crippen molar-refractivity contribution in [2.45, 2.75) is 37.7 Å². The minimum Gasteiger partial charge on any atom is -0.458 e. The molecule has 0 saturated heterocycles. The molecule has 3 nitrogen and oxygen atoms in total. The lowest BCUT2D eigenvalue weighted by molar-refractivity contribution is -0.152. The molecule has 0 bridgehead atoms. The second-order valence-corrected chi connectivity index (χ2v) is 8.03. The van der Waals surface area contributed by atoms with Gasteiger partial charge in [-0.2, -0.15) is 11.3 Å². The van der Waals surface area contributed by atoms with E-state index in [1.165, 1.54) is 0 Å². The number of nitrogens with zero attached hydrogens (tertiary/aromatic N) is 1. The Morgan fingerprint density at radius 3 is 2.64 bits per heavy atom. The van der Waals surface area contributed by atoms with Gasteiger partial charge in [-0.3, -0.25) is 4.79 Å². The molecule has 1 aromatic carbocycles. The van der Waals surface area contributed by atoms with Crippen molar-refractivity contribution < 1.29 is 9.53 Å². The zero-order valence-corrected chi connectivity index (χ0v) is 15.4. The molecule has 4 rings (SSSR count). The highest BCUT2D eigenvalue weighted by Crippen LogP contribution is 2.42. The fourth-order valence-electron chi connectivity index (χ4n) is 3.52. The first-order valence-corrected chi connectivity index (χ1v) is 10.3. The Morgan fingerprint density at radius 2 is 1.92 bits per heavy atom. The highest BCUT2D eigenvalue weighted by molar-refractivity contribution is 7.14. The van der Waals surface area contributed by atoms with E-state index in [1.807, 2.05) is 41.1 Å². The minimum absolute atomic E-state index is 0.110. The first-order chi connectivity index (χ1) is 12.3. The van der Waals surface area contributed by atoms with Crippen molar-refractivity contribution in [1.29, 1.82) is 0 Å². The molecule has 1 aliphatic carbocycles. The Labute approximate surface area is 155 Å². The summed E-state index contributed by atoms with van der Waals surface area (Å²) in [4.78, 5) is 17.5. The summed E-state index contributed by atoms with van der Waals surface area (Å²) in [5.74, 6) is -0.110. The third kappa shape index (κ3) is 3.26. The van der Waals surface area contributed by atoms with Crippen LogP contribution < -0.4 is 0 Å². The highest BCUT2D eigenvalue weighted by Gasteiger charge is 2.44. The largest absolute Gasteiger partial charge is 0.458 e. The van der Waals surface area contributed by atoms with E-state index < -0.39 is 5.41 Å². The van der Waals surface area contributed by atoms with Crippen LogP contribution in [-0.4, -0.2) is 11.0 Å². The van der Waals surface area contributed by atoms with Gasteiger partial charge in [0.2, 0.25) is 0 Å². The summed E-state index contributed by atoms with van der Waals surface area (Å²) in [6.07, 6.45) is 3.88. The maximum absolute atomic E-state index is 12.9. The normalized spacial score (nSPS) is 16.0. The number of thiophene rings is 1. The quantitative estimate of drug-likeness (QED) is 0.563. The topological polar surface area (TPSA) is 39.2 Å². The molecule has 5 heteroatoms. The van der Waals surface area contributed by atoms with Crippen molar-refractivity contribution in [3.8, 4) is 10.6 Å². The van der Waals surface area contributed by atoms with Crippen LogP contribution in [0.15, 0.2) is 52.5 Å². The van der Waals surface area contributed by atoms with Crippen LogP contribution in [-0.2, 0) is 21.6 Å². The molecule has 25 heavy (non-hydrogen) atoms. The van der Waals surface area contributed by atoms with Gasteiger partial charge in [-0.05, 0) is 29.9 Å². The number of esters is 1. The summed E-state index contributed by atoms with van der Waals surface area (Å²) in [6.45, 7) is 0.244. The predicted octanol–water partition coefficient (Wildman–Crippen LogP) is 5.43. The molecular weight excluding hydrogens is 350 g/mol. The third-order valence-corrected chi connectivity index (χ3v) is 6.47. The van der Waals surface area contributed by atoms with Gasteiger partial charge >= 0.3 is 5.97 Å². The summed E-state index contributed by atoms with van der Waals surface area (Å²) in [5.41, 5.74) is 2.55. The lowest BCUT2D eigenvalue weighted by atomic mass is 9.79. The molecule has 2 aromatic heterocycles. The average molecular weight is 370 g/mol. The number of carbonyl (C=O) groups excluding carboxylic acids is 1. The zero-order chi connectivity index (χ0) is 17.1. The molecule has 0 amide bonds. The van der Waals surface area contributed by atoms with Gasteiger partial charge in [-0.25, -0.2) is 4.98 Å². The molecule has 1 saturated carbocycles. The molecule has 0 radical (unpaired) electrons. The van der Waals surface area contributed by atoms with E-state index >= 15 is 0 Å². The van der Waals surface area contributed by atoms with Crippen LogP contribution in [0.4, 0.5) is 0 Å². The van der Waals surface area contributed by atoms with E-state index in [1.54, 1.807) is 22.7 Å². The maximum atomic E-state index is 12.9. The van der Waals surface area contributed by atoms with Crippen LogP contribution in [0.1, 0.15) is 36.9 Å². The van der Waals surface area contributed by atoms with Gasteiger partial charge in [-0.15, -0.1) is 11.3 Å². The predicted molar refractivity (Wildman–Crippen MR) is 102 cm³/mol. The van der Waals surface area contributed by atoms with Crippen LogP contribution in [0.25, 0.3) is 10.6 Å². The first-order valence-electron chi connectivity index (χ1n) is 8.48. The van der Waals surface area contributed by atoms with Crippen molar-refractivity contribution >= 4 is 28.6 Å². The van der Waals surface area contributed by atoms with Crippen molar-refractivity contribution in [3.63, 3.8) is 0 Å². The first kappa shape index (κ1) is 16.5. The molecule has 0 spiro atoms. The maximum Gasteiger partial charge on any atom is 0.316 e. The van der Waals surface area contributed by atoms with E-state index in [0.29, 0.717) is 0 Å². The van der Waals surface area contributed by atoms with Gasteiger partial charge in [0, 0.05) is 16.3 Å². The Morgan fingerprint density at radius 1 is 1.12 bits per heavy atom. The fourth-order valence-corrected chi connectivity index (χ4v) is 5.03. The second-order valence-electron chi connectivity index (χ2n) is 6.39. The van der Waals surface area contributed by atoms with Gasteiger partial charge < -0.3 is 4.74 Å². The number of carbonyl (C=O) groups is 1. The number of hydrogen-bond acceptors (Lipinski definition) is 5. The molecule has 3 aromatic rings. The van der Waals surface area contributed by atoms with Gasteiger partial charge in [0.05, 0.1) is 11.1 Å². The Kier molecular flexibility index (Phi) is 4.68. The molecule has 0 unspecified atom stereocenters. The molecule has 2 heterocycles. The lowest BCUT2D eigenvalue weighted by Gasteiger charge is -2.27. The lowest BCUT2D eigenvalue weighted by Crippen LogP contribution is -2.34. The fraction of sp³-hybridized carbons (Fsp3) is 0.300.